The Kier molecular flexibility index (Phi) is 19.1. The summed E-state index contributed by atoms with van der Waals surface area (Å²) in [6, 6.07) is 16.4. The zero-order valence-corrected chi connectivity index (χ0v) is 44.1. The number of anilines is 2. The molecular weight excluding hydrogens is 952 g/mol. The first kappa shape index (κ1) is 55.0. The van der Waals surface area contributed by atoms with E-state index in [9.17, 15) is 51.9 Å². The molecule has 0 amide bonds. The zero-order chi connectivity index (χ0) is 41.1. The molecule has 6 aromatic carbocycles. The van der Waals surface area contributed by atoms with Crippen LogP contribution in [-0.2, 0) is 40.5 Å². The molecule has 0 fully saturated rings. The summed E-state index contributed by atoms with van der Waals surface area (Å²) in [6.07, 6.45) is 0. The van der Waals surface area contributed by atoms with Crippen molar-refractivity contribution in [1.82, 2.24) is 0 Å². The molecule has 0 saturated heterocycles. The number of nitrogens with zero attached hydrogens (tertiary/aromatic N) is 4. The summed E-state index contributed by atoms with van der Waals surface area (Å²) in [5.41, 5.74) is 11.2. The monoisotopic (exact) mass is 968 g/mol. The molecule has 4 N–H and O–H groups in total. The fourth-order valence-electron chi connectivity index (χ4n) is 5.40. The second kappa shape index (κ2) is 20.8. The molecule has 290 valence electrons. The number of azo groups is 2. The molecule has 18 nitrogen and oxygen atoms in total. The number of nitrogens with two attached hydrogens (primary N) is 2. The summed E-state index contributed by atoms with van der Waals surface area (Å²) in [7, 11) is -20.3. The van der Waals surface area contributed by atoms with E-state index in [2.05, 4.69) is 20.5 Å². The number of nitrogen functional groups attached to an aromatic ring is 2. The fourth-order valence-corrected chi connectivity index (χ4v) is 8.12. The number of hydrogen-bond donors (Lipinski definition) is 2. The van der Waals surface area contributed by atoms with Crippen LogP contribution < -0.4 is 130 Å². The smallest absolute Gasteiger partial charge is 0.744 e. The molecule has 0 aliphatic carbocycles. The molecule has 60 heavy (non-hydrogen) atoms. The molecule has 0 aromatic heterocycles. The molecule has 0 saturated carbocycles. The van der Waals surface area contributed by atoms with Gasteiger partial charge in [-0.05, 0) is 82.6 Å². The van der Waals surface area contributed by atoms with Gasteiger partial charge in [0.2, 0.25) is 0 Å². The van der Waals surface area contributed by atoms with Crippen LogP contribution in [0, 0.1) is 0 Å². The third-order valence-electron chi connectivity index (χ3n) is 8.03. The Balaban J connectivity index is 0.00000310. The standard InChI is InChI=1S/C32H22Cl2N6O12S4.4Na/c33-23-11-15(1-7-25(23)37-39-31-21-5-3-19(53(41,42)43)9-17(21)13-27(29(31)35)55(47,48)49)16-2-8-26(24(34)12-16)38-40-32-22-6-4-20(54(44,45)46)10-18(22)14-28(30(32)36)56(50,51)52;;;;/h1-14H,35-36H2,(H,41,42,43)(H,44,45,46)(H,47,48,49)(H,50,51,52);;;;/q;4*+1/p-4. The Morgan fingerprint density at radius 1 is 0.433 bits per heavy atom. The van der Waals surface area contributed by atoms with Crippen molar-refractivity contribution >= 4 is 119 Å². The van der Waals surface area contributed by atoms with Gasteiger partial charge in [-0.2, -0.15) is 0 Å². The average molecular weight is 970 g/mol. The van der Waals surface area contributed by atoms with Gasteiger partial charge in [0, 0.05) is 10.8 Å². The molecule has 28 heteroatoms. The Morgan fingerprint density at radius 2 is 0.767 bits per heavy atom. The van der Waals surface area contributed by atoms with Crippen LogP contribution in [-0.4, -0.2) is 51.9 Å². The number of rotatable bonds is 9. The number of benzene rings is 6. The van der Waals surface area contributed by atoms with Crippen molar-refractivity contribution < 1.29 is 170 Å². The first-order valence-electron chi connectivity index (χ1n) is 14.9. The third-order valence-corrected chi connectivity index (χ3v) is 12.1. The first-order chi connectivity index (χ1) is 25.9. The Labute approximate surface area is 440 Å². The van der Waals surface area contributed by atoms with E-state index in [0.717, 1.165) is 48.5 Å². The summed E-state index contributed by atoms with van der Waals surface area (Å²) >= 11 is 13.0. The molecule has 0 heterocycles. The van der Waals surface area contributed by atoms with E-state index < -0.39 is 71.4 Å². The molecule has 6 rings (SSSR count). The van der Waals surface area contributed by atoms with Crippen molar-refractivity contribution in [1.29, 1.82) is 0 Å². The van der Waals surface area contributed by atoms with Gasteiger partial charge in [-0.1, -0.05) is 47.5 Å². The van der Waals surface area contributed by atoms with Crippen LogP contribution >= 0.6 is 23.2 Å². The van der Waals surface area contributed by atoms with Gasteiger partial charge in [-0.25, -0.2) is 33.7 Å². The molecule has 6 aromatic rings. The van der Waals surface area contributed by atoms with Crippen LogP contribution in [0.1, 0.15) is 0 Å². The minimum Gasteiger partial charge on any atom is -0.744 e. The van der Waals surface area contributed by atoms with Crippen LogP contribution in [0.5, 0.6) is 0 Å². The number of halogens is 2. The summed E-state index contributed by atoms with van der Waals surface area (Å²) in [4.78, 5) is -3.23. The van der Waals surface area contributed by atoms with Crippen molar-refractivity contribution in [2.45, 2.75) is 19.6 Å². The van der Waals surface area contributed by atoms with Crippen LogP contribution in [0.4, 0.5) is 34.1 Å². The summed E-state index contributed by atoms with van der Waals surface area (Å²) < 4.78 is 141. The van der Waals surface area contributed by atoms with Crippen LogP contribution in [0.25, 0.3) is 32.7 Å². The maximum absolute atomic E-state index is 11.9. The summed E-state index contributed by atoms with van der Waals surface area (Å²) in [6.45, 7) is 0. The predicted octanol–water partition coefficient (Wildman–Crippen LogP) is -5.41. The van der Waals surface area contributed by atoms with E-state index in [-0.39, 0.29) is 173 Å². The van der Waals surface area contributed by atoms with Crippen molar-refractivity contribution in [2.24, 2.45) is 20.5 Å². The second-order valence-electron chi connectivity index (χ2n) is 11.6. The topological polar surface area (TPSA) is 330 Å². The SMILES string of the molecule is Nc1c(S(=O)(=O)[O-])cc2cc(S(=O)(=O)[O-])ccc2c1N=Nc1ccc(-c2ccc(N=Nc3c(N)c(S(=O)(=O)[O-])cc4cc(S(=O)(=O)[O-])ccc34)c(Cl)c2)cc1Cl.[Na+].[Na+].[Na+].[Na+]. The Bertz CT molecular complexity index is 3010. The zero-order valence-electron chi connectivity index (χ0n) is 31.3. The molecular formula is C32H18Cl2N6Na4O12S4. The molecule has 0 aliphatic rings. The van der Waals surface area contributed by atoms with E-state index in [1.165, 1.54) is 24.3 Å². The molecule has 0 radical (unpaired) electrons. The molecule has 0 bridgehead atoms. The van der Waals surface area contributed by atoms with Crippen molar-refractivity contribution in [2.75, 3.05) is 11.5 Å². The maximum Gasteiger partial charge on any atom is 1.00 e. The number of fused-ring (bicyclic) bond motifs is 2. The van der Waals surface area contributed by atoms with Crippen molar-refractivity contribution in [3.05, 3.63) is 95.0 Å². The first-order valence-corrected chi connectivity index (χ1v) is 21.3. The molecule has 0 aliphatic heterocycles. The maximum atomic E-state index is 11.9. The Hall–Kier alpha value is -1.14. The van der Waals surface area contributed by atoms with Gasteiger partial charge in [0.15, 0.2) is 0 Å². The summed E-state index contributed by atoms with van der Waals surface area (Å²) in [5, 5.41) is 16.0. The fraction of sp³-hybridized carbons (Fsp3) is 0. The van der Waals surface area contributed by atoms with Gasteiger partial charge in [0.25, 0.3) is 0 Å². The number of hydrogen-bond acceptors (Lipinski definition) is 18. The normalized spacial score (nSPS) is 12.2. The van der Waals surface area contributed by atoms with Gasteiger partial charge in [-0.15, -0.1) is 20.5 Å². The van der Waals surface area contributed by atoms with E-state index >= 15 is 0 Å². The predicted molar refractivity (Wildman–Crippen MR) is 199 cm³/mol. The quantitative estimate of drug-likeness (QED) is 0.0592. The molecule has 0 spiro atoms. The third kappa shape index (κ3) is 12.1. The van der Waals surface area contributed by atoms with Gasteiger partial charge in [-0.3, -0.25) is 0 Å². The van der Waals surface area contributed by atoms with Gasteiger partial charge in [0.05, 0.1) is 41.0 Å². The van der Waals surface area contributed by atoms with Crippen LogP contribution in [0.15, 0.2) is 125 Å². The van der Waals surface area contributed by atoms with E-state index in [0.29, 0.717) is 11.1 Å². The van der Waals surface area contributed by atoms with Crippen molar-refractivity contribution in [3.63, 3.8) is 0 Å². The van der Waals surface area contributed by atoms with Crippen LogP contribution in [0.3, 0.4) is 0 Å². The van der Waals surface area contributed by atoms with E-state index in [4.69, 9.17) is 34.7 Å². The molecule has 0 atom stereocenters. The molecule has 0 unspecified atom stereocenters. The van der Waals surface area contributed by atoms with Crippen molar-refractivity contribution in [3.8, 4) is 11.1 Å². The van der Waals surface area contributed by atoms with Gasteiger partial charge >= 0.3 is 118 Å². The summed E-state index contributed by atoms with van der Waals surface area (Å²) in [5.74, 6) is 0. The van der Waals surface area contributed by atoms with Gasteiger partial charge < -0.3 is 29.7 Å². The minimum atomic E-state index is -5.19. The van der Waals surface area contributed by atoms with E-state index in [1.54, 1.807) is 12.1 Å². The second-order valence-corrected chi connectivity index (χ2v) is 17.9. The van der Waals surface area contributed by atoms with E-state index in [1.807, 2.05) is 0 Å². The largest absolute Gasteiger partial charge is 1.00 e. The average Bonchev–Trinajstić information content (AvgIpc) is 3.09. The van der Waals surface area contributed by atoms with Crippen LogP contribution in [0.2, 0.25) is 10.0 Å². The van der Waals surface area contributed by atoms with Gasteiger partial charge in [0.1, 0.15) is 63.2 Å². The Morgan fingerprint density at radius 3 is 1.05 bits per heavy atom. The minimum absolute atomic E-state index is 0.